The topological polar surface area (TPSA) is 29.1 Å². The number of halogens is 1. The maximum Gasteiger partial charge on any atom is 0.220 e. The molecule has 0 unspecified atom stereocenters. The molecule has 0 saturated carbocycles. The molecule has 3 nitrogen and oxygen atoms in total. The van der Waals surface area contributed by atoms with Gasteiger partial charge in [-0.25, -0.2) is 0 Å². The van der Waals surface area contributed by atoms with Gasteiger partial charge in [0.1, 0.15) is 0 Å². The lowest BCUT2D eigenvalue weighted by Gasteiger charge is -2.26. The van der Waals surface area contributed by atoms with Crippen LogP contribution in [0.2, 0.25) is 0 Å². The smallest absolute Gasteiger partial charge is 0.220 e. The predicted octanol–water partition coefficient (Wildman–Crippen LogP) is -3.02. The van der Waals surface area contributed by atoms with Gasteiger partial charge in [0.25, 0.3) is 0 Å². The average molecular weight is 237 g/mol. The SMILES string of the molecule is C[N+](C)(C)C[C@@H]1CCC(=O)N1.[Br-]. The molecule has 0 spiro atoms. The van der Waals surface area contributed by atoms with Crippen molar-refractivity contribution >= 4 is 5.91 Å². The van der Waals surface area contributed by atoms with E-state index in [0.717, 1.165) is 17.4 Å². The highest BCUT2D eigenvalue weighted by atomic mass is 79.9. The van der Waals surface area contributed by atoms with Crippen LogP contribution >= 0.6 is 0 Å². The second-order valence-electron chi connectivity index (χ2n) is 4.28. The molecule has 1 atom stereocenters. The third-order valence-electron chi connectivity index (χ3n) is 1.85. The number of nitrogens with one attached hydrogen (secondary N) is 1. The van der Waals surface area contributed by atoms with Gasteiger partial charge in [0.05, 0.1) is 33.7 Å². The van der Waals surface area contributed by atoms with Gasteiger partial charge in [-0.15, -0.1) is 0 Å². The number of hydrogen-bond acceptors (Lipinski definition) is 1. The van der Waals surface area contributed by atoms with Gasteiger partial charge in [0.15, 0.2) is 0 Å². The number of carbonyl (C=O) groups excluding carboxylic acids is 1. The molecule has 1 aliphatic heterocycles. The molecule has 0 aromatic rings. The van der Waals surface area contributed by atoms with E-state index in [0.29, 0.717) is 12.5 Å². The molecule has 1 amide bonds. The van der Waals surface area contributed by atoms with Crippen molar-refractivity contribution < 1.29 is 26.3 Å². The van der Waals surface area contributed by atoms with Crippen molar-refractivity contribution in [2.75, 3.05) is 27.7 Å². The highest BCUT2D eigenvalue weighted by Gasteiger charge is 2.25. The van der Waals surface area contributed by atoms with E-state index in [9.17, 15) is 4.79 Å². The Balaban J connectivity index is 0.00000121. The largest absolute Gasteiger partial charge is 1.00 e. The summed E-state index contributed by atoms with van der Waals surface area (Å²) in [4.78, 5) is 10.8. The molecular formula is C8H17BrN2O. The molecule has 12 heavy (non-hydrogen) atoms. The zero-order chi connectivity index (χ0) is 8.48. The van der Waals surface area contributed by atoms with E-state index in [1.165, 1.54) is 0 Å². The van der Waals surface area contributed by atoms with Gasteiger partial charge in [-0.2, -0.15) is 0 Å². The summed E-state index contributed by atoms with van der Waals surface area (Å²) in [7, 11) is 6.43. The fourth-order valence-corrected chi connectivity index (χ4v) is 1.48. The number of rotatable bonds is 2. The van der Waals surface area contributed by atoms with Crippen LogP contribution in [0.4, 0.5) is 0 Å². The van der Waals surface area contributed by atoms with Crippen LogP contribution in [0.1, 0.15) is 12.8 Å². The molecule has 0 aromatic heterocycles. The van der Waals surface area contributed by atoms with Crippen molar-refractivity contribution in [2.24, 2.45) is 0 Å². The van der Waals surface area contributed by atoms with Gasteiger partial charge in [-0.1, -0.05) is 0 Å². The Kier molecular flexibility index (Phi) is 4.20. The lowest BCUT2D eigenvalue weighted by atomic mass is 10.2. The maximum atomic E-state index is 10.8. The molecule has 1 saturated heterocycles. The van der Waals surface area contributed by atoms with E-state index in [4.69, 9.17) is 0 Å². The lowest BCUT2D eigenvalue weighted by Crippen LogP contribution is -3.00. The molecular weight excluding hydrogens is 220 g/mol. The van der Waals surface area contributed by atoms with Gasteiger partial charge in [0.2, 0.25) is 5.91 Å². The van der Waals surface area contributed by atoms with Crippen molar-refractivity contribution in [3.8, 4) is 0 Å². The number of carbonyl (C=O) groups is 1. The van der Waals surface area contributed by atoms with Crippen LogP contribution in [0.3, 0.4) is 0 Å². The maximum absolute atomic E-state index is 10.8. The van der Waals surface area contributed by atoms with Crippen LogP contribution in [0.25, 0.3) is 0 Å². The van der Waals surface area contributed by atoms with Gasteiger partial charge in [-0.3, -0.25) is 4.79 Å². The van der Waals surface area contributed by atoms with Gasteiger partial charge < -0.3 is 26.8 Å². The fraction of sp³-hybridized carbons (Fsp3) is 0.875. The number of hydrogen-bond donors (Lipinski definition) is 1. The first-order valence-corrected chi connectivity index (χ1v) is 4.07. The van der Waals surface area contributed by atoms with Gasteiger partial charge in [-0.05, 0) is 6.42 Å². The Hall–Kier alpha value is -0.0900. The predicted molar refractivity (Wildman–Crippen MR) is 44.1 cm³/mol. The monoisotopic (exact) mass is 236 g/mol. The van der Waals surface area contributed by atoms with Crippen molar-refractivity contribution in [1.82, 2.24) is 5.32 Å². The van der Waals surface area contributed by atoms with Crippen molar-refractivity contribution in [3.63, 3.8) is 0 Å². The first-order chi connectivity index (χ1) is 4.97. The van der Waals surface area contributed by atoms with E-state index >= 15 is 0 Å². The van der Waals surface area contributed by atoms with Crippen LogP contribution < -0.4 is 22.3 Å². The van der Waals surface area contributed by atoms with E-state index in [1.54, 1.807) is 0 Å². The summed E-state index contributed by atoms with van der Waals surface area (Å²) in [6.07, 6.45) is 1.72. The molecule has 1 fully saturated rings. The summed E-state index contributed by atoms with van der Waals surface area (Å²) in [5, 5.41) is 2.96. The first-order valence-electron chi connectivity index (χ1n) is 4.07. The normalized spacial score (nSPS) is 23.2. The third kappa shape index (κ3) is 4.07. The zero-order valence-electron chi connectivity index (χ0n) is 7.93. The van der Waals surface area contributed by atoms with Crippen LogP contribution in [-0.2, 0) is 4.79 Å². The number of nitrogens with zero attached hydrogens (tertiary/aromatic N) is 1. The second-order valence-corrected chi connectivity index (χ2v) is 4.28. The van der Waals surface area contributed by atoms with Gasteiger partial charge in [0, 0.05) is 6.42 Å². The Morgan fingerprint density at radius 2 is 2.08 bits per heavy atom. The molecule has 72 valence electrons. The van der Waals surface area contributed by atoms with Crippen LogP contribution in [0, 0.1) is 0 Å². The van der Waals surface area contributed by atoms with E-state index in [-0.39, 0.29) is 22.9 Å². The standard InChI is InChI=1S/C8H16N2O.BrH/c1-10(2,3)6-7-4-5-8(11)9-7;/h7H,4-6H2,1-3H3;1H/t7-;/m0./s1. The Morgan fingerprint density at radius 1 is 1.50 bits per heavy atom. The fourth-order valence-electron chi connectivity index (χ4n) is 1.48. The molecule has 1 aliphatic rings. The molecule has 1 N–H and O–H groups in total. The minimum Gasteiger partial charge on any atom is -1.00 e. The highest BCUT2D eigenvalue weighted by Crippen LogP contribution is 2.08. The zero-order valence-corrected chi connectivity index (χ0v) is 9.52. The highest BCUT2D eigenvalue weighted by molar-refractivity contribution is 5.78. The van der Waals surface area contributed by atoms with Crippen molar-refractivity contribution in [2.45, 2.75) is 18.9 Å². The summed E-state index contributed by atoms with van der Waals surface area (Å²) in [6.45, 7) is 1.03. The average Bonchev–Trinajstić information content (AvgIpc) is 2.10. The van der Waals surface area contributed by atoms with E-state index in [1.807, 2.05) is 0 Å². The molecule has 0 aromatic carbocycles. The van der Waals surface area contributed by atoms with Crippen molar-refractivity contribution in [1.29, 1.82) is 0 Å². The van der Waals surface area contributed by atoms with Crippen molar-refractivity contribution in [3.05, 3.63) is 0 Å². The Morgan fingerprint density at radius 3 is 2.42 bits per heavy atom. The molecule has 0 radical (unpaired) electrons. The minimum atomic E-state index is 0. The van der Waals surface area contributed by atoms with Crippen LogP contribution in [0.5, 0.6) is 0 Å². The van der Waals surface area contributed by atoms with E-state index < -0.39 is 0 Å². The third-order valence-corrected chi connectivity index (χ3v) is 1.85. The summed E-state index contributed by atoms with van der Waals surface area (Å²) in [6, 6.07) is 0.405. The first kappa shape index (κ1) is 11.9. The van der Waals surface area contributed by atoms with Crippen LogP contribution in [-0.4, -0.2) is 44.1 Å². The molecule has 0 aliphatic carbocycles. The number of amides is 1. The molecule has 1 rings (SSSR count). The lowest BCUT2D eigenvalue weighted by molar-refractivity contribution is -0.871. The Labute approximate surface area is 84.5 Å². The van der Waals surface area contributed by atoms with Gasteiger partial charge >= 0.3 is 0 Å². The number of quaternary nitrogens is 1. The second kappa shape index (κ2) is 4.23. The summed E-state index contributed by atoms with van der Waals surface area (Å²) < 4.78 is 0.922. The Bertz CT molecular complexity index is 165. The summed E-state index contributed by atoms with van der Waals surface area (Å²) in [5.74, 6) is 0.212. The molecule has 4 heteroatoms. The quantitative estimate of drug-likeness (QED) is 0.509. The van der Waals surface area contributed by atoms with E-state index in [2.05, 4.69) is 26.5 Å². The summed E-state index contributed by atoms with van der Waals surface area (Å²) >= 11 is 0. The molecule has 1 heterocycles. The minimum absolute atomic E-state index is 0. The summed E-state index contributed by atoms with van der Waals surface area (Å²) in [5.41, 5.74) is 0. The number of likely N-dealkylation sites (N-methyl/N-ethyl adjacent to an activating group) is 1. The molecule has 0 bridgehead atoms. The van der Waals surface area contributed by atoms with Crippen LogP contribution in [0.15, 0.2) is 0 Å².